The minimum absolute atomic E-state index is 0.0369. The van der Waals surface area contributed by atoms with Gasteiger partial charge in [0.2, 0.25) is 0 Å². The number of carbonyl (C=O) groups excluding carboxylic acids is 1. The van der Waals surface area contributed by atoms with Crippen molar-refractivity contribution in [3.8, 4) is 11.5 Å². The van der Waals surface area contributed by atoms with E-state index in [0.29, 0.717) is 36.8 Å². The summed E-state index contributed by atoms with van der Waals surface area (Å²) in [4.78, 5) is 12.5. The summed E-state index contributed by atoms with van der Waals surface area (Å²) in [5.41, 5.74) is -0.765. The molecule has 2 saturated carbocycles. The van der Waals surface area contributed by atoms with Crippen LogP contribution in [0.3, 0.4) is 0 Å². The van der Waals surface area contributed by atoms with E-state index in [9.17, 15) is 26.4 Å². The fourth-order valence-corrected chi connectivity index (χ4v) is 5.93. The minimum atomic E-state index is -5.90. The maximum Gasteiger partial charge on any atom is 0.534 e. The molecule has 0 spiro atoms. The summed E-state index contributed by atoms with van der Waals surface area (Å²) >= 11 is 0. The Morgan fingerprint density at radius 2 is 1.88 bits per heavy atom. The minimum Gasteiger partial charge on any atom is -0.493 e. The molecule has 32 heavy (non-hydrogen) atoms. The van der Waals surface area contributed by atoms with Crippen LogP contribution in [-0.4, -0.2) is 33.9 Å². The van der Waals surface area contributed by atoms with Crippen molar-refractivity contribution in [2.45, 2.75) is 69.7 Å². The summed E-state index contributed by atoms with van der Waals surface area (Å²) in [7, 11) is -3.15. The van der Waals surface area contributed by atoms with E-state index in [1.165, 1.54) is 20.2 Å². The molecule has 2 aliphatic carbocycles. The van der Waals surface area contributed by atoms with Crippen molar-refractivity contribution in [1.29, 1.82) is 0 Å². The molecule has 0 amide bonds. The highest BCUT2D eigenvalue weighted by molar-refractivity contribution is 7.88. The lowest BCUT2D eigenvalue weighted by Crippen LogP contribution is -2.47. The Morgan fingerprint density at radius 1 is 1.22 bits per heavy atom. The number of nitrogens with two attached hydrogens (primary N) is 1. The number of rotatable bonds is 5. The van der Waals surface area contributed by atoms with Gasteiger partial charge in [-0.05, 0) is 49.8 Å². The lowest BCUT2D eigenvalue weighted by molar-refractivity contribution is -0.125. The van der Waals surface area contributed by atoms with E-state index in [-0.39, 0.29) is 29.8 Å². The van der Waals surface area contributed by atoms with Crippen molar-refractivity contribution >= 4 is 15.9 Å². The number of halogens is 3. The zero-order valence-corrected chi connectivity index (χ0v) is 19.7. The molecule has 1 aromatic carbocycles. The first kappa shape index (κ1) is 26.4. The lowest BCUT2D eigenvalue weighted by atomic mass is 9.52. The van der Waals surface area contributed by atoms with Crippen LogP contribution in [-0.2, 0) is 26.7 Å². The van der Waals surface area contributed by atoms with Crippen molar-refractivity contribution in [3.63, 3.8) is 0 Å². The Labute approximate surface area is 187 Å². The third kappa shape index (κ3) is 4.76. The molecule has 1 unspecified atom stereocenters. The first-order valence-electron chi connectivity index (χ1n) is 10.8. The number of hydrogen-bond donors (Lipinski definition) is 1. The number of benzene rings is 1. The molecular formula is C22H32F3NO5S. The predicted molar refractivity (Wildman–Crippen MR) is 115 cm³/mol. The molecule has 0 heterocycles. The Hall–Kier alpha value is -1.81. The third-order valence-electron chi connectivity index (χ3n) is 6.71. The van der Waals surface area contributed by atoms with Crippen molar-refractivity contribution in [3.05, 3.63) is 23.3 Å². The third-order valence-corrected chi connectivity index (χ3v) is 7.66. The van der Waals surface area contributed by atoms with Crippen LogP contribution in [0.4, 0.5) is 13.2 Å². The normalized spacial score (nSPS) is 25.9. The molecule has 2 N–H and O–H groups in total. The second kappa shape index (κ2) is 9.99. The van der Waals surface area contributed by atoms with Gasteiger partial charge in [0.15, 0.2) is 11.5 Å². The molecule has 0 saturated heterocycles. The molecule has 0 aromatic heterocycles. The lowest BCUT2D eigenvalue weighted by Gasteiger charge is -2.51. The number of alkyl halides is 3. The summed E-state index contributed by atoms with van der Waals surface area (Å²) in [6, 6.07) is 3.15. The van der Waals surface area contributed by atoms with Gasteiger partial charge in [0.1, 0.15) is 5.78 Å². The van der Waals surface area contributed by atoms with E-state index in [2.05, 4.69) is 12.7 Å². The zero-order chi connectivity index (χ0) is 24.3. The second-order valence-electron chi connectivity index (χ2n) is 8.35. The Bertz CT molecular complexity index is 932. The molecule has 0 radical (unpaired) electrons. The highest BCUT2D eigenvalue weighted by Gasteiger charge is 2.54. The largest absolute Gasteiger partial charge is 0.534 e. The van der Waals surface area contributed by atoms with Gasteiger partial charge in [-0.25, -0.2) is 0 Å². The molecule has 182 valence electrons. The molecule has 6 nitrogen and oxygen atoms in total. The Morgan fingerprint density at radius 3 is 2.44 bits per heavy atom. The molecular weight excluding hydrogens is 447 g/mol. The van der Waals surface area contributed by atoms with E-state index in [1.54, 1.807) is 6.07 Å². The van der Waals surface area contributed by atoms with Gasteiger partial charge in [-0.3, -0.25) is 4.79 Å². The first-order valence-corrected chi connectivity index (χ1v) is 12.2. The number of ketones is 1. The summed E-state index contributed by atoms with van der Waals surface area (Å²) in [6.07, 6.45) is 4.05. The number of fused-ring (bicyclic) bond motifs is 1. The number of hydrogen-bond acceptors (Lipinski definition) is 6. The second-order valence-corrected chi connectivity index (χ2v) is 9.89. The molecule has 10 heteroatoms. The van der Waals surface area contributed by atoms with Crippen molar-refractivity contribution < 1.29 is 35.3 Å². The number of carbonyl (C=O) groups is 1. The molecule has 3 rings (SSSR count). The number of aryl methyl sites for hydroxylation is 1. The maximum atomic E-state index is 13.2. The monoisotopic (exact) mass is 479 g/mol. The predicted octanol–water partition coefficient (Wildman–Crippen LogP) is 4.49. The van der Waals surface area contributed by atoms with Gasteiger partial charge in [0, 0.05) is 23.8 Å². The van der Waals surface area contributed by atoms with Crippen LogP contribution in [0.15, 0.2) is 12.1 Å². The van der Waals surface area contributed by atoms with Gasteiger partial charge in [-0.2, -0.15) is 21.6 Å². The van der Waals surface area contributed by atoms with Gasteiger partial charge >= 0.3 is 15.6 Å². The van der Waals surface area contributed by atoms with Crippen LogP contribution in [0.2, 0.25) is 0 Å². The molecule has 0 aliphatic heterocycles. The van der Waals surface area contributed by atoms with Gasteiger partial charge < -0.3 is 14.7 Å². The van der Waals surface area contributed by atoms with Crippen LogP contribution < -0.4 is 14.7 Å². The Balaban J connectivity index is 0.00000176. The fourth-order valence-electron chi connectivity index (χ4n) is 5.45. The topological polar surface area (TPSA) is 95.7 Å². The van der Waals surface area contributed by atoms with Crippen LogP contribution >= 0.6 is 0 Å². The van der Waals surface area contributed by atoms with E-state index in [0.717, 1.165) is 12.8 Å². The number of ether oxygens (including phenoxy) is 1. The van der Waals surface area contributed by atoms with Crippen LogP contribution in [0.1, 0.15) is 63.5 Å². The highest BCUT2D eigenvalue weighted by Crippen LogP contribution is 2.58. The summed E-state index contributed by atoms with van der Waals surface area (Å²) in [5, 5.41) is 0. The quantitative estimate of drug-likeness (QED) is 0.494. The standard InChI is InChI=1S/C21H27F3O5S.CH5N/c1-4-14-7-10-17(28-3)19(29-30(26,27)21(22,23)24)18(14)20-11-5-6-13(2)16(20)9-8-15(25)12-20;1-2/h7,10,13,16H,4-6,8-9,11-12H2,1-3H3;2H2,1H3/t13-,16?,20-;/m0./s1. The van der Waals surface area contributed by atoms with Crippen molar-refractivity contribution in [2.75, 3.05) is 14.2 Å². The molecule has 2 aliphatic rings. The van der Waals surface area contributed by atoms with Crippen molar-refractivity contribution in [2.24, 2.45) is 17.6 Å². The van der Waals surface area contributed by atoms with Gasteiger partial charge in [-0.15, -0.1) is 0 Å². The molecule has 3 atom stereocenters. The number of methoxy groups -OCH3 is 1. The maximum absolute atomic E-state index is 13.2. The number of Topliss-reactive ketones (excluding diaryl/α,β-unsaturated/α-hetero) is 1. The van der Waals surface area contributed by atoms with E-state index >= 15 is 0 Å². The smallest absolute Gasteiger partial charge is 0.493 e. The summed E-state index contributed by atoms with van der Waals surface area (Å²) in [6.45, 7) is 3.93. The van der Waals surface area contributed by atoms with Crippen LogP contribution in [0.5, 0.6) is 11.5 Å². The van der Waals surface area contributed by atoms with Crippen LogP contribution in [0.25, 0.3) is 0 Å². The highest BCUT2D eigenvalue weighted by atomic mass is 32.2. The van der Waals surface area contributed by atoms with E-state index in [4.69, 9.17) is 8.92 Å². The van der Waals surface area contributed by atoms with Gasteiger partial charge in [-0.1, -0.05) is 32.8 Å². The SMILES string of the molecule is CCc1ccc(OC)c(OS(=O)(=O)C(F)(F)F)c1[C@]12CCC[C@H](C)C1CCC(=O)C2.CN. The summed E-state index contributed by atoms with van der Waals surface area (Å²) < 4.78 is 73.3. The molecule has 2 fully saturated rings. The van der Waals surface area contributed by atoms with E-state index in [1.807, 2.05) is 6.92 Å². The van der Waals surface area contributed by atoms with Gasteiger partial charge in [0.05, 0.1) is 7.11 Å². The molecule has 1 aromatic rings. The molecule has 0 bridgehead atoms. The first-order chi connectivity index (χ1) is 15.0. The van der Waals surface area contributed by atoms with E-state index < -0.39 is 26.8 Å². The summed E-state index contributed by atoms with van der Waals surface area (Å²) in [5.74, 6) is -0.163. The average molecular weight is 480 g/mol. The Kier molecular flexibility index (Phi) is 8.25. The van der Waals surface area contributed by atoms with Crippen LogP contribution in [0, 0.1) is 11.8 Å². The van der Waals surface area contributed by atoms with Gasteiger partial charge in [0.25, 0.3) is 0 Å². The average Bonchev–Trinajstić information content (AvgIpc) is 2.73. The zero-order valence-electron chi connectivity index (χ0n) is 18.9. The van der Waals surface area contributed by atoms with Crippen molar-refractivity contribution in [1.82, 2.24) is 0 Å². The fraction of sp³-hybridized carbons (Fsp3) is 0.682.